The molecule has 0 fully saturated rings. The van der Waals surface area contributed by atoms with Gasteiger partial charge in [0.1, 0.15) is 0 Å². The van der Waals surface area contributed by atoms with Gasteiger partial charge in [0.05, 0.1) is 13.7 Å². The van der Waals surface area contributed by atoms with E-state index in [9.17, 15) is 4.79 Å². The fourth-order valence-electron chi connectivity index (χ4n) is 0.296. The number of hydrogen-bond donors (Lipinski definition) is 1. The Morgan fingerprint density at radius 3 is 2.40 bits per heavy atom. The summed E-state index contributed by atoms with van der Waals surface area (Å²) >= 11 is 0. The summed E-state index contributed by atoms with van der Waals surface area (Å²) in [7, 11) is 1.20. The Labute approximate surface area is 65.4 Å². The minimum absolute atomic E-state index is 0. The fraction of sp³-hybridized carbons (Fsp3) is 0.600. The smallest absolute Gasteiger partial charge is 0.393 e. The summed E-state index contributed by atoms with van der Waals surface area (Å²) in [6.07, 6.45) is 0. The van der Waals surface area contributed by atoms with E-state index in [1.54, 1.807) is 6.92 Å². The second-order valence-corrected chi connectivity index (χ2v) is 1.25. The first-order valence-corrected chi connectivity index (χ1v) is 2.52. The van der Waals surface area contributed by atoms with Gasteiger partial charge in [0.2, 0.25) is 0 Å². The van der Waals surface area contributed by atoms with Gasteiger partial charge in [-0.05, 0) is 6.92 Å². The number of halogens is 1. The Morgan fingerprint density at radius 1 is 1.60 bits per heavy atom. The lowest BCUT2D eigenvalue weighted by Crippen LogP contribution is -2.17. The van der Waals surface area contributed by atoms with Gasteiger partial charge in [0.15, 0.2) is 0 Å². The van der Waals surface area contributed by atoms with Crippen molar-refractivity contribution >= 4 is 24.3 Å². The molecule has 0 aliphatic carbocycles. The summed E-state index contributed by atoms with van der Waals surface area (Å²) in [5.41, 5.74) is 0. The number of nitrogens with one attached hydrogen (secondary N) is 1. The van der Waals surface area contributed by atoms with Crippen LogP contribution in [0.15, 0.2) is 0 Å². The Bertz CT molecular complexity index is 126. The number of carbonyl (C=O) groups is 1. The van der Waals surface area contributed by atoms with Crippen LogP contribution in [0, 0.1) is 5.41 Å². The normalized spacial score (nSPS) is 7.40. The van der Waals surface area contributed by atoms with Crippen LogP contribution in [0.25, 0.3) is 0 Å². The molecule has 0 atom stereocenters. The van der Waals surface area contributed by atoms with Crippen molar-refractivity contribution in [3.63, 3.8) is 0 Å². The molecule has 0 aromatic heterocycles. The maximum atomic E-state index is 10.3. The third-order valence-corrected chi connectivity index (χ3v) is 0.659. The topological polar surface area (TPSA) is 59.4 Å². The Kier molecular flexibility index (Phi) is 7.60. The van der Waals surface area contributed by atoms with E-state index >= 15 is 0 Å². The highest BCUT2D eigenvalue weighted by Gasteiger charge is 2.07. The van der Waals surface area contributed by atoms with E-state index in [4.69, 9.17) is 5.41 Å². The van der Waals surface area contributed by atoms with Crippen molar-refractivity contribution in [3.05, 3.63) is 0 Å². The zero-order valence-corrected chi connectivity index (χ0v) is 6.66. The van der Waals surface area contributed by atoms with Crippen LogP contribution < -0.4 is 0 Å². The third-order valence-electron chi connectivity index (χ3n) is 0.659. The monoisotopic (exact) mass is 167 g/mol. The predicted molar refractivity (Wildman–Crippen MR) is 38.6 cm³/mol. The van der Waals surface area contributed by atoms with Crippen molar-refractivity contribution in [2.45, 2.75) is 6.92 Å². The van der Waals surface area contributed by atoms with E-state index < -0.39 is 11.9 Å². The van der Waals surface area contributed by atoms with Gasteiger partial charge in [0.25, 0.3) is 5.90 Å². The maximum absolute atomic E-state index is 10.3. The number of carbonyl (C=O) groups excluding carboxylic acids is 1. The molecule has 60 valence electrons. The Hall–Kier alpha value is -0.770. The summed E-state index contributed by atoms with van der Waals surface area (Å²) in [4.78, 5) is 10.3. The molecule has 10 heavy (non-hydrogen) atoms. The lowest BCUT2D eigenvalue weighted by atomic mass is 10.6. The second-order valence-electron chi connectivity index (χ2n) is 1.25. The molecular weight excluding hydrogens is 158 g/mol. The van der Waals surface area contributed by atoms with E-state index in [-0.39, 0.29) is 12.4 Å². The number of esters is 1. The first kappa shape index (κ1) is 12.0. The third kappa shape index (κ3) is 4.14. The molecule has 1 N–H and O–H groups in total. The number of hydrogen-bond acceptors (Lipinski definition) is 4. The molecule has 5 heteroatoms. The SMILES string of the molecule is CCOC(=N)C(=O)OC.Cl. The highest BCUT2D eigenvalue weighted by molar-refractivity contribution is 6.31. The number of methoxy groups -OCH3 is 1. The van der Waals surface area contributed by atoms with Crippen LogP contribution in [0.4, 0.5) is 0 Å². The van der Waals surface area contributed by atoms with Crippen LogP contribution >= 0.6 is 12.4 Å². The van der Waals surface area contributed by atoms with Crippen LogP contribution in [0.3, 0.4) is 0 Å². The summed E-state index contributed by atoms with van der Waals surface area (Å²) in [6.45, 7) is 2.01. The van der Waals surface area contributed by atoms with Crippen molar-refractivity contribution in [1.82, 2.24) is 0 Å². The van der Waals surface area contributed by atoms with Crippen LogP contribution in [-0.4, -0.2) is 25.6 Å². The van der Waals surface area contributed by atoms with Crippen LogP contribution in [-0.2, 0) is 14.3 Å². The molecular formula is C5H10ClNO3. The number of ether oxygens (including phenoxy) is 2. The summed E-state index contributed by atoms with van der Waals surface area (Å²) < 4.78 is 8.68. The van der Waals surface area contributed by atoms with Gasteiger partial charge in [-0.25, -0.2) is 4.79 Å². The van der Waals surface area contributed by atoms with Gasteiger partial charge in [-0.2, -0.15) is 0 Å². The average Bonchev–Trinajstić information content (AvgIpc) is 1.87. The summed E-state index contributed by atoms with van der Waals surface area (Å²) in [5, 5.41) is 6.80. The molecule has 4 nitrogen and oxygen atoms in total. The van der Waals surface area contributed by atoms with E-state index in [0.717, 1.165) is 0 Å². The second kappa shape index (κ2) is 6.35. The molecule has 0 radical (unpaired) electrons. The minimum Gasteiger partial charge on any atom is -0.473 e. The maximum Gasteiger partial charge on any atom is 0.393 e. The van der Waals surface area contributed by atoms with Crippen molar-refractivity contribution < 1.29 is 14.3 Å². The van der Waals surface area contributed by atoms with Crippen molar-refractivity contribution in [2.24, 2.45) is 0 Å². The molecule has 0 saturated heterocycles. The van der Waals surface area contributed by atoms with Gasteiger partial charge < -0.3 is 9.47 Å². The molecule has 0 aliphatic rings. The molecule has 0 aromatic rings. The first-order valence-electron chi connectivity index (χ1n) is 2.52. The van der Waals surface area contributed by atoms with Crippen molar-refractivity contribution in [1.29, 1.82) is 5.41 Å². The molecule has 0 rings (SSSR count). The zero-order chi connectivity index (χ0) is 7.28. The molecule has 0 bridgehead atoms. The minimum atomic E-state index is -0.739. The molecule has 0 amide bonds. The van der Waals surface area contributed by atoms with E-state index in [0.29, 0.717) is 6.61 Å². The van der Waals surface area contributed by atoms with E-state index in [1.807, 2.05) is 0 Å². The van der Waals surface area contributed by atoms with Crippen molar-refractivity contribution in [3.8, 4) is 0 Å². The van der Waals surface area contributed by atoms with Gasteiger partial charge >= 0.3 is 5.97 Å². The Morgan fingerprint density at radius 2 is 2.10 bits per heavy atom. The fourth-order valence-corrected chi connectivity index (χ4v) is 0.296. The van der Waals surface area contributed by atoms with Crippen LogP contribution in [0.1, 0.15) is 6.92 Å². The molecule has 0 saturated carbocycles. The molecule has 0 heterocycles. The summed E-state index contributed by atoms with van der Waals surface area (Å²) in [6, 6.07) is 0. The standard InChI is InChI=1S/C5H9NO3.ClH/c1-3-9-4(6)5(7)8-2;/h6H,3H2,1-2H3;1H. The van der Waals surface area contributed by atoms with Gasteiger partial charge in [-0.1, -0.05) is 0 Å². The lowest BCUT2D eigenvalue weighted by molar-refractivity contribution is -0.134. The molecule has 0 aromatic carbocycles. The highest BCUT2D eigenvalue weighted by atomic mass is 35.5. The first-order chi connectivity index (χ1) is 4.22. The zero-order valence-electron chi connectivity index (χ0n) is 5.84. The van der Waals surface area contributed by atoms with Crippen molar-refractivity contribution in [2.75, 3.05) is 13.7 Å². The van der Waals surface area contributed by atoms with E-state index in [2.05, 4.69) is 9.47 Å². The largest absolute Gasteiger partial charge is 0.473 e. The molecule has 0 unspecified atom stereocenters. The van der Waals surface area contributed by atoms with Gasteiger partial charge in [-0.3, -0.25) is 5.41 Å². The van der Waals surface area contributed by atoms with Crippen LogP contribution in [0.5, 0.6) is 0 Å². The van der Waals surface area contributed by atoms with Gasteiger partial charge in [-0.15, -0.1) is 12.4 Å². The van der Waals surface area contributed by atoms with Crippen LogP contribution in [0.2, 0.25) is 0 Å². The molecule has 0 aliphatic heterocycles. The molecule has 0 spiro atoms. The van der Waals surface area contributed by atoms with E-state index in [1.165, 1.54) is 7.11 Å². The summed E-state index contributed by atoms with van der Waals surface area (Å²) in [5.74, 6) is -1.18. The van der Waals surface area contributed by atoms with Gasteiger partial charge in [0, 0.05) is 0 Å². The Balaban J connectivity index is 0. The average molecular weight is 168 g/mol. The quantitative estimate of drug-likeness (QED) is 0.353. The lowest BCUT2D eigenvalue weighted by Gasteiger charge is -1.99. The predicted octanol–water partition coefficient (Wildman–Crippen LogP) is 0.595. The number of rotatable bonds is 1. The highest BCUT2D eigenvalue weighted by Crippen LogP contribution is 1.80.